The van der Waals surface area contributed by atoms with E-state index in [9.17, 15) is 5.11 Å². The number of aliphatic hydroxyl groups is 1. The Morgan fingerprint density at radius 2 is 2.05 bits per heavy atom. The summed E-state index contributed by atoms with van der Waals surface area (Å²) in [6, 6.07) is 8.20. The first-order valence-electron chi connectivity index (χ1n) is 6.36. The van der Waals surface area contributed by atoms with Crippen molar-refractivity contribution < 1.29 is 22.3 Å². The third kappa shape index (κ3) is 7.21. The normalized spacial score (nSPS) is 11.8. The quantitative estimate of drug-likeness (QED) is 0.612. The van der Waals surface area contributed by atoms with Gasteiger partial charge in [0, 0.05) is 12.6 Å². The number of hydrogen-bond donors (Lipinski definition) is 2. The van der Waals surface area contributed by atoms with E-state index in [4.69, 9.17) is 4.74 Å². The molecule has 1 rings (SSSR count). The summed E-state index contributed by atoms with van der Waals surface area (Å²) in [4.78, 5) is 0. The van der Waals surface area contributed by atoms with E-state index < -0.39 is 6.10 Å². The lowest BCUT2D eigenvalue weighted by atomic mass is 10.1. The van der Waals surface area contributed by atoms with E-state index in [1.54, 1.807) is 0 Å². The fraction of sp³-hybridized carbons (Fsp3) is 0.467. The smallest absolute Gasteiger partial charge is 0.122 e. The van der Waals surface area contributed by atoms with E-state index in [1.807, 2.05) is 44.2 Å². The Bertz CT molecular complexity index is 369. The van der Waals surface area contributed by atoms with E-state index in [-0.39, 0.29) is 12.4 Å². The van der Waals surface area contributed by atoms with Gasteiger partial charge < -0.3 is 27.6 Å². The molecular formula is C15H23ClNO2-. The van der Waals surface area contributed by atoms with Crippen LogP contribution in [0.3, 0.4) is 0 Å². The minimum absolute atomic E-state index is 0. The van der Waals surface area contributed by atoms with Gasteiger partial charge in [0.25, 0.3) is 0 Å². The zero-order chi connectivity index (χ0) is 13.4. The molecule has 19 heavy (non-hydrogen) atoms. The lowest BCUT2D eigenvalue weighted by Crippen LogP contribution is -3.00. The molecule has 1 aromatic carbocycles. The predicted octanol–water partition coefficient (Wildman–Crippen LogP) is -0.843. The van der Waals surface area contributed by atoms with E-state index >= 15 is 0 Å². The van der Waals surface area contributed by atoms with Crippen LogP contribution in [0.2, 0.25) is 0 Å². The molecule has 0 radical (unpaired) electrons. The number of allylic oxidation sites excluding steroid dienone is 1. The number of halogens is 1. The van der Waals surface area contributed by atoms with Crippen LogP contribution < -0.4 is 22.5 Å². The van der Waals surface area contributed by atoms with Crippen LogP contribution in [0.5, 0.6) is 5.75 Å². The predicted molar refractivity (Wildman–Crippen MR) is 75.0 cm³/mol. The van der Waals surface area contributed by atoms with Crippen molar-refractivity contribution >= 4 is 0 Å². The zero-order valence-corrected chi connectivity index (χ0v) is 12.4. The second-order valence-corrected chi connectivity index (χ2v) is 4.63. The number of hydrogen-bond acceptors (Lipinski definition) is 3. The molecule has 0 heterocycles. The average Bonchev–Trinajstić information content (AvgIpc) is 2.35. The first-order chi connectivity index (χ1) is 8.63. The van der Waals surface area contributed by atoms with Crippen LogP contribution in [0.1, 0.15) is 19.4 Å². The summed E-state index contributed by atoms with van der Waals surface area (Å²) in [7, 11) is 0. The molecule has 108 valence electrons. The van der Waals surface area contributed by atoms with Gasteiger partial charge in [-0.25, -0.2) is 0 Å². The van der Waals surface area contributed by atoms with Crippen molar-refractivity contribution in [2.45, 2.75) is 32.4 Å². The Morgan fingerprint density at radius 3 is 2.68 bits per heavy atom. The lowest BCUT2D eigenvalue weighted by molar-refractivity contribution is -0.00000568. The van der Waals surface area contributed by atoms with Gasteiger partial charge in [-0.15, -0.1) is 6.58 Å². The number of aliphatic hydroxyl groups excluding tert-OH is 1. The van der Waals surface area contributed by atoms with Gasteiger partial charge in [0.05, 0.1) is 0 Å². The van der Waals surface area contributed by atoms with Crippen molar-refractivity contribution in [2.75, 3.05) is 13.2 Å². The molecule has 0 saturated heterocycles. The summed E-state index contributed by atoms with van der Waals surface area (Å²) in [6.45, 7) is 8.67. The highest BCUT2D eigenvalue weighted by Gasteiger charge is 2.07. The molecular weight excluding hydrogens is 262 g/mol. The number of para-hydroxylation sites is 1. The number of nitrogens with one attached hydrogen (secondary N) is 1. The highest BCUT2D eigenvalue weighted by atomic mass is 35.5. The van der Waals surface area contributed by atoms with Crippen LogP contribution >= 0.6 is 0 Å². The molecule has 4 heteroatoms. The second-order valence-electron chi connectivity index (χ2n) is 4.63. The van der Waals surface area contributed by atoms with Gasteiger partial charge in [-0.1, -0.05) is 38.1 Å². The van der Waals surface area contributed by atoms with Crippen molar-refractivity contribution in [3.8, 4) is 5.75 Å². The molecule has 0 aliphatic rings. The maximum absolute atomic E-state index is 9.77. The van der Waals surface area contributed by atoms with Crippen molar-refractivity contribution in [1.82, 2.24) is 5.32 Å². The van der Waals surface area contributed by atoms with Crippen LogP contribution in [0, 0.1) is 0 Å². The Balaban J connectivity index is 0.00000324. The number of rotatable bonds is 8. The standard InChI is InChI=1S/C15H23NO2.ClH/c1-4-7-13-8-5-6-9-15(13)18-11-14(17)10-16-12(2)3;/h4-6,8-9,12,14,16-17H,1,7,10-11H2,2-3H3;1H/p-1. The molecule has 1 unspecified atom stereocenters. The molecule has 0 amide bonds. The van der Waals surface area contributed by atoms with E-state index in [1.165, 1.54) is 0 Å². The van der Waals surface area contributed by atoms with Gasteiger partial charge in [0.1, 0.15) is 18.5 Å². The Morgan fingerprint density at radius 1 is 1.37 bits per heavy atom. The second kappa shape index (κ2) is 9.84. The molecule has 2 N–H and O–H groups in total. The Kier molecular flexibility index (Phi) is 9.31. The van der Waals surface area contributed by atoms with Crippen LogP contribution in [0.15, 0.2) is 36.9 Å². The monoisotopic (exact) mass is 284 g/mol. The van der Waals surface area contributed by atoms with Crippen molar-refractivity contribution in [2.24, 2.45) is 0 Å². The molecule has 0 spiro atoms. The molecule has 0 aromatic heterocycles. The van der Waals surface area contributed by atoms with Gasteiger partial charge in [0.2, 0.25) is 0 Å². The third-order valence-corrected chi connectivity index (χ3v) is 2.53. The fourth-order valence-electron chi connectivity index (χ4n) is 1.59. The van der Waals surface area contributed by atoms with Crippen LogP contribution in [-0.4, -0.2) is 30.4 Å². The Labute approximate surface area is 122 Å². The molecule has 1 aromatic rings. The largest absolute Gasteiger partial charge is 1.00 e. The first kappa shape index (κ1) is 18.0. The van der Waals surface area contributed by atoms with E-state index in [2.05, 4.69) is 11.9 Å². The minimum atomic E-state index is -0.496. The summed E-state index contributed by atoms with van der Waals surface area (Å²) < 4.78 is 5.65. The molecule has 0 saturated carbocycles. The topological polar surface area (TPSA) is 41.5 Å². The fourth-order valence-corrected chi connectivity index (χ4v) is 1.59. The van der Waals surface area contributed by atoms with Crippen molar-refractivity contribution in [3.05, 3.63) is 42.5 Å². The van der Waals surface area contributed by atoms with Gasteiger partial charge in [-0.2, -0.15) is 0 Å². The molecule has 3 nitrogen and oxygen atoms in total. The molecule has 1 atom stereocenters. The summed E-state index contributed by atoms with van der Waals surface area (Å²) in [6.07, 6.45) is 2.12. The summed E-state index contributed by atoms with van der Waals surface area (Å²) in [5, 5.41) is 12.9. The number of benzene rings is 1. The molecule has 0 fully saturated rings. The minimum Gasteiger partial charge on any atom is -1.00 e. The van der Waals surface area contributed by atoms with Crippen LogP contribution in [0.25, 0.3) is 0 Å². The highest BCUT2D eigenvalue weighted by Crippen LogP contribution is 2.18. The van der Waals surface area contributed by atoms with Crippen LogP contribution in [0.4, 0.5) is 0 Å². The maximum atomic E-state index is 9.77. The maximum Gasteiger partial charge on any atom is 0.122 e. The van der Waals surface area contributed by atoms with Gasteiger partial charge in [0.15, 0.2) is 0 Å². The van der Waals surface area contributed by atoms with E-state index in [0.29, 0.717) is 19.2 Å². The number of ether oxygens (including phenoxy) is 1. The van der Waals surface area contributed by atoms with Gasteiger partial charge in [-0.05, 0) is 18.1 Å². The van der Waals surface area contributed by atoms with Gasteiger partial charge in [-0.3, -0.25) is 0 Å². The molecule has 0 bridgehead atoms. The highest BCUT2D eigenvalue weighted by molar-refractivity contribution is 5.34. The SMILES string of the molecule is C=CCc1ccccc1OCC(O)CNC(C)C.[Cl-]. The lowest BCUT2D eigenvalue weighted by Gasteiger charge is -2.16. The third-order valence-electron chi connectivity index (χ3n) is 2.53. The summed E-state index contributed by atoms with van der Waals surface area (Å²) >= 11 is 0. The average molecular weight is 285 g/mol. The van der Waals surface area contributed by atoms with Crippen molar-refractivity contribution in [1.29, 1.82) is 0 Å². The van der Waals surface area contributed by atoms with Crippen molar-refractivity contribution in [3.63, 3.8) is 0 Å². The molecule has 0 aliphatic carbocycles. The summed E-state index contributed by atoms with van der Waals surface area (Å²) in [5.74, 6) is 0.820. The first-order valence-corrected chi connectivity index (χ1v) is 6.36. The van der Waals surface area contributed by atoms with Crippen LogP contribution in [-0.2, 0) is 6.42 Å². The Hall–Kier alpha value is -1.03. The summed E-state index contributed by atoms with van der Waals surface area (Å²) in [5.41, 5.74) is 1.09. The molecule has 0 aliphatic heterocycles. The zero-order valence-electron chi connectivity index (χ0n) is 11.6. The van der Waals surface area contributed by atoms with Gasteiger partial charge >= 0.3 is 0 Å². The van der Waals surface area contributed by atoms with E-state index in [0.717, 1.165) is 17.7 Å².